The predicted molar refractivity (Wildman–Crippen MR) is 437 cm³/mol. The van der Waals surface area contributed by atoms with E-state index in [0.717, 1.165) is 100 Å². The second-order valence-corrected chi connectivity index (χ2v) is 25.6. The minimum Gasteiger partial charge on any atom is -0.480 e. The number of hydrogen-bond acceptors (Lipinski definition) is 14. The molecule has 103 heavy (non-hydrogen) atoms. The van der Waals surface area contributed by atoms with Gasteiger partial charge >= 0.3 is 24.2 Å². The number of halogens is 1. The number of methoxy groups -OCH3 is 3. The molecule has 4 aliphatic rings. The van der Waals surface area contributed by atoms with Crippen LogP contribution in [0.1, 0.15) is 154 Å². The number of aromatic amines is 4. The SMILES string of the molecule is COC(=O)N[C@H](C(=O)N1CCC[C@H]1c1ncc(-c2ccc(-c3ccc4nc([C@@H]5CCCN5C(=O)[C@@H](NC(=O)OC)C(C)C)[nH]c4c3)cc2)[nH]1)C(C)C.COC(=O)N[C@H](C(=O)O)C(C)C.S.S.S.S.S.S.S.[2H]CF.c1cc(-c2cnc([C@@H]3CCCN3)[nH]2)ccc1-c1ccc2nc(C3CCCC3)[nH]c2c1. The van der Waals surface area contributed by atoms with Crippen LogP contribution in [0, 0.1) is 17.8 Å². The fraction of sp³-hybridized carbons (Fsp3) is 0.465. The van der Waals surface area contributed by atoms with Gasteiger partial charge in [-0.2, -0.15) is 94.5 Å². The summed E-state index contributed by atoms with van der Waals surface area (Å²) in [6, 6.07) is 27.2. The normalized spacial score (nSPS) is 16.7. The van der Waals surface area contributed by atoms with Crippen molar-refractivity contribution in [2.24, 2.45) is 17.8 Å². The number of carbonyl (C=O) groups excluding carboxylic acids is 5. The van der Waals surface area contributed by atoms with Crippen molar-refractivity contribution in [1.82, 2.24) is 70.9 Å². The lowest BCUT2D eigenvalue weighted by Crippen LogP contribution is -2.51. The molecule has 12 rings (SSSR count). The Hall–Kier alpha value is -7.20. The number of benzene rings is 4. The van der Waals surface area contributed by atoms with Gasteiger partial charge in [0.2, 0.25) is 11.8 Å². The van der Waals surface area contributed by atoms with E-state index in [2.05, 4.69) is 117 Å². The molecule has 0 radical (unpaired) electrons. The van der Waals surface area contributed by atoms with Crippen LogP contribution in [0.3, 0.4) is 0 Å². The maximum absolute atomic E-state index is 13.6. The molecule has 4 aromatic carbocycles. The minimum atomic E-state index is -1.06. The number of alkyl carbamates (subject to hydrolysis) is 3. The molecule has 0 unspecified atom stereocenters. The molecule has 1 aliphatic carbocycles. The summed E-state index contributed by atoms with van der Waals surface area (Å²) < 4.78 is 29.3. The van der Waals surface area contributed by atoms with Crippen molar-refractivity contribution >= 4 is 153 Å². The van der Waals surface area contributed by atoms with Crippen LogP contribution in [0.4, 0.5) is 18.8 Å². The molecule has 1 saturated carbocycles. The van der Waals surface area contributed by atoms with Crippen LogP contribution in [-0.2, 0) is 28.6 Å². The molecule has 568 valence electrons. The Morgan fingerprint density at radius 2 is 0.874 bits per heavy atom. The van der Waals surface area contributed by atoms with E-state index >= 15 is 0 Å². The van der Waals surface area contributed by atoms with E-state index in [0.29, 0.717) is 30.9 Å². The van der Waals surface area contributed by atoms with Crippen molar-refractivity contribution in [1.29, 1.82) is 0 Å². The largest absolute Gasteiger partial charge is 0.480 e. The number of aliphatic carboxylic acids is 1. The molecule has 3 saturated heterocycles. The first kappa shape index (κ1) is 90.0. The van der Waals surface area contributed by atoms with E-state index in [1.807, 2.05) is 63.1 Å². The number of H-pyrrole nitrogens is 4. The highest BCUT2D eigenvalue weighted by molar-refractivity contribution is 7.60. The summed E-state index contributed by atoms with van der Waals surface area (Å²) in [4.78, 5) is 109. The zero-order chi connectivity index (χ0) is 69.4. The lowest BCUT2D eigenvalue weighted by molar-refractivity contribution is -0.140. The molecule has 3 aliphatic heterocycles. The standard InChI is InChI=1S/C38H48N8O6.C25H27N5.C7H13NO4.CH3F.7H2S/c1-21(2)31(43-37(49)51-5)35(47)45-17-7-9-29(45)33-39-20-28(42-33)24-13-11-23(12-14-24)25-15-16-26-27(19-25)41-34(40-26)30-10-8-18-46(30)36(48)32(22(3)4)44-38(50)52-6;1-2-5-18(4-1)24-28-20-12-11-19(14-22(20)29-24)16-7-9-17(10-8-16)23-15-27-25(30-23)21-6-3-13-26-21;1-4(2)5(6(9)10)8-7(11)12-3;1-2;;;;;;;/h11-16,19-22,29-32H,7-10,17-18H2,1-6H3,(H,39,42)(H,40,41)(H,43,49)(H,44,50);7-12,14-15,18,21,26H,1-6,13H2,(H,27,30)(H,28,29);4-5H,1-3H3,(H,8,11)(H,9,10);1H3;7*1H2/t29-,30-,31-,32-;21-;5-;;;;;;;;/m000......../s1/i;;;1D;;;;;;;. The number of ether oxygens (including phenoxy) is 3. The van der Waals surface area contributed by atoms with Crippen molar-refractivity contribution in [2.45, 2.75) is 148 Å². The molecule has 0 bridgehead atoms. The zero-order valence-electron chi connectivity index (χ0n) is 60.6. The van der Waals surface area contributed by atoms with Gasteiger partial charge in [-0.15, -0.1) is 0 Å². The highest BCUT2D eigenvalue weighted by Gasteiger charge is 2.39. The van der Waals surface area contributed by atoms with E-state index in [9.17, 15) is 33.2 Å². The van der Waals surface area contributed by atoms with Gasteiger partial charge in [-0.1, -0.05) is 115 Å². The predicted octanol–water partition coefficient (Wildman–Crippen LogP) is 13.2. The number of fused-ring (bicyclic) bond motifs is 2. The van der Waals surface area contributed by atoms with Crippen LogP contribution in [0.25, 0.3) is 66.8 Å². The van der Waals surface area contributed by atoms with Gasteiger partial charge in [-0.3, -0.25) is 14.0 Å². The summed E-state index contributed by atoms with van der Waals surface area (Å²) in [6.45, 7) is 13.3. The van der Waals surface area contributed by atoms with Crippen LogP contribution in [0.2, 0.25) is 0 Å². The number of carboxylic acids is 1. The monoisotopic (exact) mass is 1560 g/mol. The Morgan fingerprint density at radius 3 is 1.28 bits per heavy atom. The molecule has 9 N–H and O–H groups in total. The maximum Gasteiger partial charge on any atom is 0.407 e. The molecular weight excluding hydrogens is 1450 g/mol. The van der Waals surface area contributed by atoms with Gasteiger partial charge in [0.25, 0.3) is 0 Å². The van der Waals surface area contributed by atoms with Gasteiger partial charge in [0.1, 0.15) is 41.4 Å². The third-order valence-corrected chi connectivity index (χ3v) is 18.3. The molecule has 0 spiro atoms. The van der Waals surface area contributed by atoms with E-state index in [4.69, 9.17) is 25.9 Å². The topological polar surface area (TPSA) is 320 Å². The van der Waals surface area contributed by atoms with Crippen molar-refractivity contribution in [3.63, 3.8) is 0 Å². The number of nitrogens with zero attached hydrogens (tertiary/aromatic N) is 6. The van der Waals surface area contributed by atoms with Crippen LogP contribution in [0.15, 0.2) is 97.3 Å². The number of amides is 5. The number of rotatable bonds is 17. The van der Waals surface area contributed by atoms with Gasteiger partial charge < -0.3 is 70.3 Å². The average Bonchev–Trinajstić information content (AvgIpc) is 1.64. The fourth-order valence-corrected chi connectivity index (χ4v) is 13.0. The van der Waals surface area contributed by atoms with E-state index < -0.39 is 49.5 Å². The highest BCUT2D eigenvalue weighted by atomic mass is 32.1. The van der Waals surface area contributed by atoms with Crippen molar-refractivity contribution in [3.05, 3.63) is 121 Å². The third-order valence-electron chi connectivity index (χ3n) is 18.3. The summed E-state index contributed by atoms with van der Waals surface area (Å²) in [5.41, 5.74) is 12.4. The van der Waals surface area contributed by atoms with E-state index in [-0.39, 0.29) is 136 Å². The summed E-state index contributed by atoms with van der Waals surface area (Å²) in [5.74, 6) is 2.54. The Balaban J connectivity index is 0.000000598. The van der Waals surface area contributed by atoms with Crippen LogP contribution < -0.4 is 21.3 Å². The lowest BCUT2D eigenvalue weighted by atomic mass is 10.0. The number of aromatic nitrogens is 8. The quantitative estimate of drug-likeness (QED) is 0.0383. The van der Waals surface area contributed by atoms with Gasteiger partial charge in [0.05, 0.1) is 93.8 Å². The average molecular weight is 1560 g/mol. The second kappa shape index (κ2) is 43.3. The van der Waals surface area contributed by atoms with Crippen molar-refractivity contribution < 1.29 is 53.8 Å². The minimum absolute atomic E-state index is 0. The van der Waals surface area contributed by atoms with Gasteiger partial charge in [-0.05, 0) is 133 Å². The number of nitrogens with one attached hydrogen (secondary N) is 8. The Kier molecular flexibility index (Phi) is 37.8. The first-order chi connectivity index (χ1) is 46.7. The number of imidazole rings is 4. The molecule has 4 fully saturated rings. The van der Waals surface area contributed by atoms with Crippen LogP contribution in [0.5, 0.6) is 0 Å². The Labute approximate surface area is 652 Å². The summed E-state index contributed by atoms with van der Waals surface area (Å²) in [7, 11) is 2.76. The van der Waals surface area contributed by atoms with Gasteiger partial charge in [-0.25, -0.2) is 39.1 Å². The molecule has 5 amide bonds. The summed E-state index contributed by atoms with van der Waals surface area (Å²) in [6.07, 6.45) is 12.6. The molecule has 24 nitrogen and oxygen atoms in total. The number of carboxylic acid groups (broad SMARTS) is 1. The van der Waals surface area contributed by atoms with Gasteiger partial charge in [0, 0.05) is 19.0 Å². The Bertz CT molecular complexity index is 3990. The molecule has 6 atom stereocenters. The molecule has 8 aromatic rings. The van der Waals surface area contributed by atoms with E-state index in [1.54, 1.807) is 24.9 Å². The smallest absolute Gasteiger partial charge is 0.407 e. The maximum atomic E-state index is 13.6. The van der Waals surface area contributed by atoms with E-state index in [1.165, 1.54) is 75.9 Å². The first-order valence-electron chi connectivity index (χ1n) is 33.7. The number of hydrogen-bond donors (Lipinski definition) is 9. The Morgan fingerprint density at radius 1 is 0.495 bits per heavy atom. The van der Waals surface area contributed by atoms with Crippen LogP contribution in [-0.4, -0.2) is 157 Å². The van der Waals surface area contributed by atoms with Gasteiger partial charge in [0.15, 0.2) is 0 Å². The molecular formula is C71H105FN14O10S7. The van der Waals surface area contributed by atoms with Crippen molar-refractivity contribution in [3.8, 4) is 44.8 Å². The third kappa shape index (κ3) is 22.9. The molecule has 32 heteroatoms. The summed E-state index contributed by atoms with van der Waals surface area (Å²) in [5, 5.41) is 19.7. The fourth-order valence-electron chi connectivity index (χ4n) is 13.0. The lowest BCUT2D eigenvalue weighted by Gasteiger charge is -2.30. The highest BCUT2D eigenvalue weighted by Crippen LogP contribution is 2.38. The van der Waals surface area contributed by atoms with Crippen molar-refractivity contribution in [2.75, 3.05) is 48.1 Å². The molecule has 4 aromatic heterocycles. The first-order valence-corrected chi connectivity index (χ1v) is 33.0. The molecule has 7 heterocycles. The zero-order valence-corrected chi connectivity index (χ0v) is 66.6. The van der Waals surface area contributed by atoms with Crippen LogP contribution >= 0.6 is 94.5 Å². The number of alkyl halides is 1. The number of carbonyl (C=O) groups is 6. The number of likely N-dealkylation sites (tertiary alicyclic amines) is 2. The second-order valence-electron chi connectivity index (χ2n) is 25.6. The summed E-state index contributed by atoms with van der Waals surface area (Å²) >= 11 is 0.